The molecule has 0 aromatic heterocycles. The Hall–Kier alpha value is -1.02. The van der Waals surface area contributed by atoms with Gasteiger partial charge in [0.1, 0.15) is 0 Å². The Morgan fingerprint density at radius 1 is 0.889 bits per heavy atom. The molecule has 0 aliphatic carbocycles. The van der Waals surface area contributed by atoms with E-state index in [0.717, 1.165) is 5.56 Å². The summed E-state index contributed by atoms with van der Waals surface area (Å²) in [5.41, 5.74) is 1.83. The first kappa shape index (κ1) is 13.4. The fourth-order valence-corrected chi connectivity index (χ4v) is 2.32. The minimum atomic E-state index is -0.156. The summed E-state index contributed by atoms with van der Waals surface area (Å²) in [5.74, 6) is -0.156. The van der Waals surface area contributed by atoms with E-state index in [1.165, 1.54) is 0 Å². The first-order valence-corrected chi connectivity index (χ1v) is 6.38. The lowest BCUT2D eigenvalue weighted by Gasteiger charge is -2.07. The van der Waals surface area contributed by atoms with E-state index in [1.807, 2.05) is 6.92 Å². The second kappa shape index (κ2) is 5.31. The monoisotopic (exact) mass is 298 g/mol. The first-order valence-electron chi connectivity index (χ1n) is 5.25. The number of carbonyl (C=O) groups excluding carboxylic acids is 1. The summed E-state index contributed by atoms with van der Waals surface area (Å²) >= 11 is 17.7. The highest BCUT2D eigenvalue weighted by atomic mass is 35.5. The topological polar surface area (TPSA) is 17.1 Å². The number of hydrogen-bond donors (Lipinski definition) is 0. The second-order valence-corrected chi connectivity index (χ2v) is 5.19. The Morgan fingerprint density at radius 3 is 2.17 bits per heavy atom. The summed E-state index contributed by atoms with van der Waals surface area (Å²) < 4.78 is 0. The van der Waals surface area contributed by atoms with Crippen LogP contribution in [-0.4, -0.2) is 5.78 Å². The van der Waals surface area contributed by atoms with Gasteiger partial charge in [0.25, 0.3) is 0 Å². The van der Waals surface area contributed by atoms with E-state index in [0.29, 0.717) is 26.2 Å². The molecule has 2 aromatic carbocycles. The predicted octanol–water partition coefficient (Wildman–Crippen LogP) is 5.19. The number of benzene rings is 2. The Balaban J connectivity index is 2.51. The Bertz CT molecular complexity index is 620. The number of ketones is 1. The lowest BCUT2D eigenvalue weighted by molar-refractivity contribution is 0.103. The van der Waals surface area contributed by atoms with Crippen LogP contribution in [-0.2, 0) is 0 Å². The van der Waals surface area contributed by atoms with Crippen LogP contribution in [0, 0.1) is 6.92 Å². The Kier molecular flexibility index (Phi) is 3.96. The molecule has 0 amide bonds. The molecular formula is C14H9Cl3O. The third kappa shape index (κ3) is 2.69. The van der Waals surface area contributed by atoms with Gasteiger partial charge in [-0.25, -0.2) is 0 Å². The van der Waals surface area contributed by atoms with Crippen molar-refractivity contribution in [3.63, 3.8) is 0 Å². The van der Waals surface area contributed by atoms with Gasteiger partial charge in [0.2, 0.25) is 0 Å². The van der Waals surface area contributed by atoms with Gasteiger partial charge in [0.15, 0.2) is 5.78 Å². The molecule has 0 N–H and O–H groups in total. The Morgan fingerprint density at radius 2 is 1.50 bits per heavy atom. The number of halogens is 3. The largest absolute Gasteiger partial charge is 0.289 e. The van der Waals surface area contributed by atoms with Gasteiger partial charge in [0.05, 0.1) is 5.02 Å². The number of hydrogen-bond acceptors (Lipinski definition) is 1. The van der Waals surface area contributed by atoms with Gasteiger partial charge < -0.3 is 0 Å². The molecule has 1 nitrogen and oxygen atoms in total. The van der Waals surface area contributed by atoms with Gasteiger partial charge >= 0.3 is 0 Å². The van der Waals surface area contributed by atoms with Gasteiger partial charge in [-0.3, -0.25) is 4.79 Å². The molecule has 0 bridgehead atoms. The maximum atomic E-state index is 12.4. The molecule has 92 valence electrons. The highest BCUT2D eigenvalue weighted by Gasteiger charge is 2.15. The van der Waals surface area contributed by atoms with E-state index >= 15 is 0 Å². The fraction of sp³-hybridized carbons (Fsp3) is 0.0714. The molecule has 0 unspecified atom stereocenters. The first-order chi connectivity index (χ1) is 8.49. The van der Waals surface area contributed by atoms with Crippen LogP contribution < -0.4 is 0 Å². The van der Waals surface area contributed by atoms with Gasteiger partial charge in [-0.2, -0.15) is 0 Å². The normalized spacial score (nSPS) is 10.4. The molecule has 4 heteroatoms. The molecule has 0 atom stereocenters. The summed E-state index contributed by atoms with van der Waals surface area (Å²) in [7, 11) is 0. The molecule has 0 spiro atoms. The van der Waals surface area contributed by atoms with Crippen molar-refractivity contribution in [3.8, 4) is 0 Å². The zero-order valence-electron chi connectivity index (χ0n) is 9.51. The van der Waals surface area contributed by atoms with Crippen LogP contribution in [0.4, 0.5) is 0 Å². The quantitative estimate of drug-likeness (QED) is 0.698. The van der Waals surface area contributed by atoms with Crippen molar-refractivity contribution in [1.82, 2.24) is 0 Å². The van der Waals surface area contributed by atoms with Crippen molar-refractivity contribution in [1.29, 1.82) is 0 Å². The maximum absolute atomic E-state index is 12.4. The van der Waals surface area contributed by atoms with E-state index in [1.54, 1.807) is 36.4 Å². The van der Waals surface area contributed by atoms with Crippen LogP contribution in [0.25, 0.3) is 0 Å². The minimum absolute atomic E-state index is 0.156. The van der Waals surface area contributed by atoms with Crippen LogP contribution in [0.3, 0.4) is 0 Å². The van der Waals surface area contributed by atoms with Crippen LogP contribution in [0.1, 0.15) is 21.5 Å². The average Bonchev–Trinajstić information content (AvgIpc) is 2.31. The number of carbonyl (C=O) groups is 1. The number of rotatable bonds is 2. The molecule has 0 radical (unpaired) electrons. The van der Waals surface area contributed by atoms with Crippen molar-refractivity contribution in [3.05, 3.63) is 68.2 Å². The van der Waals surface area contributed by atoms with Gasteiger partial charge in [-0.1, -0.05) is 40.9 Å². The van der Waals surface area contributed by atoms with Crippen LogP contribution in [0.2, 0.25) is 15.1 Å². The summed E-state index contributed by atoms with van der Waals surface area (Å²) in [6.45, 7) is 1.85. The van der Waals surface area contributed by atoms with Crippen LogP contribution in [0.15, 0.2) is 36.4 Å². The minimum Gasteiger partial charge on any atom is -0.289 e. The molecule has 2 rings (SSSR count). The summed E-state index contributed by atoms with van der Waals surface area (Å²) in [5, 5.41) is 1.36. The summed E-state index contributed by atoms with van der Waals surface area (Å²) in [6, 6.07) is 10.0. The lowest BCUT2D eigenvalue weighted by Crippen LogP contribution is -2.04. The van der Waals surface area contributed by atoms with E-state index in [-0.39, 0.29) is 5.78 Å². The number of aryl methyl sites for hydroxylation is 1. The highest BCUT2D eigenvalue weighted by molar-refractivity contribution is 6.37. The molecule has 0 aliphatic rings. The zero-order valence-corrected chi connectivity index (χ0v) is 11.8. The van der Waals surface area contributed by atoms with E-state index in [4.69, 9.17) is 34.8 Å². The van der Waals surface area contributed by atoms with Gasteiger partial charge in [-0.05, 0) is 42.8 Å². The molecule has 0 saturated heterocycles. The molecule has 0 fully saturated rings. The van der Waals surface area contributed by atoms with E-state index in [2.05, 4.69) is 0 Å². The molecular weight excluding hydrogens is 291 g/mol. The van der Waals surface area contributed by atoms with Crippen molar-refractivity contribution in [2.24, 2.45) is 0 Å². The van der Waals surface area contributed by atoms with Crippen LogP contribution >= 0.6 is 34.8 Å². The molecule has 0 aliphatic heterocycles. The van der Waals surface area contributed by atoms with Crippen LogP contribution in [0.5, 0.6) is 0 Å². The highest BCUT2D eigenvalue weighted by Crippen LogP contribution is 2.25. The molecule has 0 saturated carbocycles. The SMILES string of the molecule is Cc1ccc(Cl)cc1C(=O)c1ccc(Cl)cc1Cl. The summed E-state index contributed by atoms with van der Waals surface area (Å²) in [6.07, 6.45) is 0. The predicted molar refractivity (Wildman–Crippen MR) is 76.1 cm³/mol. The smallest absolute Gasteiger partial charge is 0.194 e. The van der Waals surface area contributed by atoms with Crippen molar-refractivity contribution < 1.29 is 4.79 Å². The third-order valence-corrected chi connectivity index (χ3v) is 3.40. The van der Waals surface area contributed by atoms with Gasteiger partial charge in [-0.15, -0.1) is 0 Å². The van der Waals surface area contributed by atoms with Crippen molar-refractivity contribution >= 4 is 40.6 Å². The van der Waals surface area contributed by atoms with Gasteiger partial charge in [0, 0.05) is 21.2 Å². The third-order valence-electron chi connectivity index (χ3n) is 2.62. The zero-order chi connectivity index (χ0) is 13.3. The standard InChI is InChI=1S/C14H9Cl3O/c1-8-2-3-9(15)6-12(8)14(18)11-5-4-10(16)7-13(11)17/h2-7H,1H3. The van der Waals surface area contributed by atoms with E-state index < -0.39 is 0 Å². The molecule has 18 heavy (non-hydrogen) atoms. The maximum Gasteiger partial charge on any atom is 0.194 e. The Labute approximate surface area is 120 Å². The fourth-order valence-electron chi connectivity index (χ4n) is 1.66. The average molecular weight is 300 g/mol. The second-order valence-electron chi connectivity index (χ2n) is 3.91. The van der Waals surface area contributed by atoms with Crippen molar-refractivity contribution in [2.75, 3.05) is 0 Å². The lowest BCUT2D eigenvalue weighted by atomic mass is 9.99. The van der Waals surface area contributed by atoms with E-state index in [9.17, 15) is 4.79 Å². The molecule has 0 heterocycles. The molecule has 2 aromatic rings. The summed E-state index contributed by atoms with van der Waals surface area (Å²) in [4.78, 5) is 12.4. The van der Waals surface area contributed by atoms with Crippen molar-refractivity contribution in [2.45, 2.75) is 6.92 Å².